The predicted octanol–water partition coefficient (Wildman–Crippen LogP) is -0.187. The summed E-state index contributed by atoms with van der Waals surface area (Å²) in [5.41, 5.74) is 6.19. The van der Waals surface area contributed by atoms with Crippen molar-refractivity contribution in [1.82, 2.24) is 9.88 Å². The van der Waals surface area contributed by atoms with E-state index < -0.39 is 5.91 Å². The molecule has 85 valence electrons. The topological polar surface area (TPSA) is 68.5 Å². The lowest BCUT2D eigenvalue weighted by Crippen LogP contribution is -2.36. The first-order valence-corrected chi connectivity index (χ1v) is 5.23. The van der Waals surface area contributed by atoms with E-state index in [1.807, 2.05) is 6.07 Å². The number of aromatic nitrogens is 1. The first-order valence-electron chi connectivity index (χ1n) is 5.23. The van der Waals surface area contributed by atoms with Crippen LogP contribution in [-0.4, -0.2) is 42.1 Å². The Balaban J connectivity index is 2.02. The molecule has 0 unspecified atom stereocenters. The molecule has 5 nitrogen and oxygen atoms in total. The van der Waals surface area contributed by atoms with Gasteiger partial charge in [-0.15, -0.1) is 0 Å². The molecule has 1 saturated heterocycles. The van der Waals surface area contributed by atoms with Crippen molar-refractivity contribution in [3.8, 4) is 0 Å². The number of hydrogen-bond donors (Lipinski definition) is 1. The van der Waals surface area contributed by atoms with Crippen molar-refractivity contribution < 1.29 is 9.53 Å². The van der Waals surface area contributed by atoms with Crippen molar-refractivity contribution in [2.75, 3.05) is 26.3 Å². The lowest BCUT2D eigenvalue weighted by Gasteiger charge is -2.26. The van der Waals surface area contributed by atoms with E-state index in [1.54, 1.807) is 6.07 Å². The van der Waals surface area contributed by atoms with E-state index in [-0.39, 0.29) is 5.69 Å². The average molecular weight is 220 g/mol. The van der Waals surface area contributed by atoms with E-state index in [9.17, 15) is 4.79 Å². The van der Waals surface area contributed by atoms with Gasteiger partial charge in [0.2, 0.25) is 0 Å². The molecular weight excluding hydrogens is 206 g/mol. The van der Waals surface area contributed by atoms with Crippen molar-refractivity contribution in [1.29, 1.82) is 0 Å². The highest BCUT2D eigenvalue weighted by atomic mass is 16.5. The van der Waals surface area contributed by atoms with E-state index in [0.29, 0.717) is 0 Å². The van der Waals surface area contributed by atoms with Crippen molar-refractivity contribution in [2.24, 2.45) is 5.73 Å². The molecule has 1 aliphatic heterocycles. The molecule has 1 aromatic heterocycles. The molecule has 1 fully saturated rings. The van der Waals surface area contributed by atoms with Gasteiger partial charge in [-0.05, 0) is 6.07 Å². The number of hydrogen-bond acceptors (Lipinski definition) is 4. The highest BCUT2D eigenvalue weighted by molar-refractivity contribution is 5.90. The molecule has 1 aliphatic rings. The van der Waals surface area contributed by atoms with Gasteiger partial charge in [-0.1, -0.05) is 6.07 Å². The van der Waals surface area contributed by atoms with Gasteiger partial charge >= 0.3 is 0 Å². The van der Waals surface area contributed by atoms with Gasteiger partial charge in [-0.25, -0.2) is 4.98 Å². The first-order chi connectivity index (χ1) is 7.75. The Morgan fingerprint density at radius 2 is 2.31 bits per heavy atom. The average Bonchev–Trinajstić information content (AvgIpc) is 2.30. The smallest absolute Gasteiger partial charge is 0.267 e. The Hall–Kier alpha value is -1.46. The van der Waals surface area contributed by atoms with Gasteiger partial charge in [0.05, 0.1) is 18.9 Å². The number of ether oxygens (including phenoxy) is 1. The number of nitrogens with zero attached hydrogens (tertiary/aromatic N) is 2. The van der Waals surface area contributed by atoms with Gasteiger partial charge in [0.25, 0.3) is 5.91 Å². The van der Waals surface area contributed by atoms with E-state index in [1.165, 1.54) is 0 Å². The summed E-state index contributed by atoms with van der Waals surface area (Å²) in [5.74, 6) is -0.538. The summed E-state index contributed by atoms with van der Waals surface area (Å²) in [4.78, 5) is 17.3. The molecule has 1 radical (unpaired) electrons. The van der Waals surface area contributed by atoms with E-state index in [4.69, 9.17) is 10.5 Å². The molecule has 5 heteroatoms. The molecule has 0 spiro atoms. The number of morpholine rings is 1. The predicted molar refractivity (Wildman–Crippen MR) is 57.7 cm³/mol. The van der Waals surface area contributed by atoms with Crippen LogP contribution in [0.4, 0.5) is 0 Å². The summed E-state index contributed by atoms with van der Waals surface area (Å²) < 4.78 is 5.26. The summed E-state index contributed by atoms with van der Waals surface area (Å²) in [6.07, 6.45) is 0. The Morgan fingerprint density at radius 1 is 1.56 bits per heavy atom. The molecular formula is C11H14N3O2. The minimum absolute atomic E-state index is 0.200. The van der Waals surface area contributed by atoms with Gasteiger partial charge in [0, 0.05) is 25.7 Å². The normalized spacial score (nSPS) is 17.2. The van der Waals surface area contributed by atoms with Gasteiger partial charge < -0.3 is 10.5 Å². The number of carbonyl (C=O) groups excluding carboxylic acids is 1. The zero-order valence-corrected chi connectivity index (χ0v) is 8.98. The number of primary amides is 1. The highest BCUT2D eigenvalue weighted by Crippen LogP contribution is 2.05. The third-order valence-electron chi connectivity index (χ3n) is 2.47. The van der Waals surface area contributed by atoms with Crippen molar-refractivity contribution in [3.63, 3.8) is 0 Å². The largest absolute Gasteiger partial charge is 0.379 e. The standard InChI is InChI=1S/C11H14N3O2/c12-11(15)10-3-1-2-9(13-10)8-14-4-6-16-7-5-14/h1-2H,4-8H2,(H2,12,15). The first kappa shape index (κ1) is 11.0. The Bertz CT molecular complexity index is 375. The van der Waals surface area contributed by atoms with Crippen LogP contribution in [0, 0.1) is 6.07 Å². The van der Waals surface area contributed by atoms with Crippen LogP contribution in [0.3, 0.4) is 0 Å². The molecule has 1 aromatic rings. The zero-order valence-electron chi connectivity index (χ0n) is 8.98. The molecule has 2 rings (SSSR count). The van der Waals surface area contributed by atoms with Gasteiger partial charge in [0.15, 0.2) is 0 Å². The van der Waals surface area contributed by atoms with Crippen LogP contribution >= 0.6 is 0 Å². The summed E-state index contributed by atoms with van der Waals surface area (Å²) in [7, 11) is 0. The van der Waals surface area contributed by atoms with Crippen LogP contribution < -0.4 is 5.73 Å². The van der Waals surface area contributed by atoms with E-state index in [2.05, 4.69) is 16.0 Å². The molecule has 0 aromatic carbocycles. The van der Waals surface area contributed by atoms with Crippen LogP contribution in [0.15, 0.2) is 12.1 Å². The summed E-state index contributed by atoms with van der Waals surface area (Å²) in [6, 6.07) is 6.25. The maximum Gasteiger partial charge on any atom is 0.267 e. The fourth-order valence-electron chi connectivity index (χ4n) is 1.63. The maximum absolute atomic E-state index is 10.9. The molecule has 2 heterocycles. The van der Waals surface area contributed by atoms with E-state index >= 15 is 0 Å². The van der Waals surface area contributed by atoms with E-state index in [0.717, 1.165) is 38.5 Å². The molecule has 0 aliphatic carbocycles. The van der Waals surface area contributed by atoms with Crippen LogP contribution in [0.1, 0.15) is 16.2 Å². The maximum atomic E-state index is 10.9. The lowest BCUT2D eigenvalue weighted by atomic mass is 10.2. The zero-order chi connectivity index (χ0) is 11.4. The second-order valence-corrected chi connectivity index (χ2v) is 3.68. The van der Waals surface area contributed by atoms with Gasteiger partial charge in [0.1, 0.15) is 5.69 Å². The monoisotopic (exact) mass is 220 g/mol. The number of pyridine rings is 1. The van der Waals surface area contributed by atoms with Gasteiger partial charge in [-0.2, -0.15) is 0 Å². The molecule has 16 heavy (non-hydrogen) atoms. The quantitative estimate of drug-likeness (QED) is 0.766. The number of carbonyl (C=O) groups is 1. The number of rotatable bonds is 3. The third-order valence-corrected chi connectivity index (χ3v) is 2.47. The van der Waals surface area contributed by atoms with Crippen molar-refractivity contribution in [3.05, 3.63) is 29.6 Å². The molecule has 0 bridgehead atoms. The minimum atomic E-state index is -0.538. The molecule has 2 N–H and O–H groups in total. The Kier molecular flexibility index (Phi) is 3.48. The minimum Gasteiger partial charge on any atom is -0.379 e. The fourth-order valence-corrected chi connectivity index (χ4v) is 1.63. The summed E-state index contributed by atoms with van der Waals surface area (Å²) >= 11 is 0. The van der Waals surface area contributed by atoms with Crippen LogP contribution in [0.2, 0.25) is 0 Å². The van der Waals surface area contributed by atoms with Crippen LogP contribution in [0.5, 0.6) is 0 Å². The molecule has 0 atom stereocenters. The highest BCUT2D eigenvalue weighted by Gasteiger charge is 2.12. The lowest BCUT2D eigenvalue weighted by molar-refractivity contribution is 0.0336. The Labute approximate surface area is 94.2 Å². The summed E-state index contributed by atoms with van der Waals surface area (Å²) in [5, 5.41) is 0. The molecule has 1 amide bonds. The number of nitrogens with two attached hydrogens (primary N) is 1. The third kappa shape index (κ3) is 2.77. The summed E-state index contributed by atoms with van der Waals surface area (Å²) in [6.45, 7) is 4.01. The van der Waals surface area contributed by atoms with Crippen molar-refractivity contribution in [2.45, 2.75) is 6.54 Å². The van der Waals surface area contributed by atoms with Crippen LogP contribution in [0.25, 0.3) is 0 Å². The molecule has 0 saturated carbocycles. The van der Waals surface area contributed by atoms with Crippen molar-refractivity contribution >= 4 is 5.91 Å². The van der Waals surface area contributed by atoms with Crippen LogP contribution in [-0.2, 0) is 11.3 Å². The second kappa shape index (κ2) is 5.05. The fraction of sp³-hybridized carbons (Fsp3) is 0.455. The second-order valence-electron chi connectivity index (χ2n) is 3.68. The Morgan fingerprint density at radius 3 is 3.00 bits per heavy atom. The van der Waals surface area contributed by atoms with Gasteiger partial charge in [-0.3, -0.25) is 9.69 Å². The number of amides is 1. The SMILES string of the molecule is NC(=O)c1[c]ccc(CN2CCOCC2)n1.